The maximum atomic E-state index is 13.3. The third-order valence-corrected chi connectivity index (χ3v) is 3.56. The summed E-state index contributed by atoms with van der Waals surface area (Å²) < 4.78 is 58.3. The number of rotatable bonds is 6. The molecule has 1 saturated heterocycles. The van der Waals surface area contributed by atoms with Gasteiger partial charge in [0, 0.05) is 0 Å². The van der Waals surface area contributed by atoms with Crippen LogP contribution in [0.1, 0.15) is 40.0 Å². The van der Waals surface area contributed by atoms with E-state index in [0.29, 0.717) is 24.3 Å². The van der Waals surface area contributed by atoms with Crippen molar-refractivity contribution in [2.45, 2.75) is 63.5 Å². The summed E-state index contributed by atoms with van der Waals surface area (Å²) in [6.45, 7) is 2.40. The first-order valence-electron chi connectivity index (χ1n) is 8.03. The van der Waals surface area contributed by atoms with Crippen molar-refractivity contribution in [1.29, 1.82) is 0 Å². The number of nitrogens with zero attached hydrogens (tertiary/aromatic N) is 1. The molecule has 0 saturated carbocycles. The van der Waals surface area contributed by atoms with E-state index in [2.05, 4.69) is 5.32 Å². The minimum Gasteiger partial charge on any atom is -0.444 e. The van der Waals surface area contributed by atoms with Crippen LogP contribution in [0.4, 0.5) is 22.4 Å². The lowest BCUT2D eigenvalue weighted by molar-refractivity contribution is -0.172. The van der Waals surface area contributed by atoms with Gasteiger partial charge in [0.25, 0.3) is 0 Å². The van der Waals surface area contributed by atoms with E-state index >= 15 is 0 Å². The fourth-order valence-electron chi connectivity index (χ4n) is 2.34. The number of hydrogen-bond acceptors (Lipinski definition) is 4. The molecule has 0 aliphatic carbocycles. The third kappa shape index (κ3) is 6.02. The highest BCUT2D eigenvalue weighted by Gasteiger charge is 2.64. The molecule has 0 radical (unpaired) electrons. The van der Waals surface area contributed by atoms with Crippen LogP contribution in [0.25, 0.3) is 0 Å². The molecular weight excluding hydrogens is 346 g/mol. The second kappa shape index (κ2) is 7.76. The van der Waals surface area contributed by atoms with Crippen molar-refractivity contribution in [1.82, 2.24) is 10.2 Å². The molecular formula is C15H25F4N3O3. The molecule has 1 heterocycles. The molecule has 25 heavy (non-hydrogen) atoms. The zero-order chi connectivity index (χ0) is 19.5. The summed E-state index contributed by atoms with van der Waals surface area (Å²) in [5.74, 6) is -9.58. The minimum absolute atomic E-state index is 0.0862. The lowest BCUT2D eigenvalue weighted by atomic mass is 10.1. The van der Waals surface area contributed by atoms with Gasteiger partial charge in [-0.05, 0) is 46.6 Å². The number of ether oxygens (including phenoxy) is 1. The van der Waals surface area contributed by atoms with Gasteiger partial charge in [-0.3, -0.25) is 4.79 Å². The van der Waals surface area contributed by atoms with Gasteiger partial charge < -0.3 is 20.7 Å². The number of alkyl carbamates (subject to hydrolysis) is 1. The molecule has 1 rings (SSSR count). The van der Waals surface area contributed by atoms with Gasteiger partial charge in [-0.2, -0.15) is 17.6 Å². The molecule has 146 valence electrons. The molecule has 0 aromatic carbocycles. The number of carbonyl (C=O) groups is 2. The summed E-state index contributed by atoms with van der Waals surface area (Å²) in [6, 6.07) is -1.23. The number of alkyl halides is 4. The lowest BCUT2D eigenvalue weighted by Gasteiger charge is -2.26. The van der Waals surface area contributed by atoms with Crippen LogP contribution in [-0.2, 0) is 9.53 Å². The van der Waals surface area contributed by atoms with Crippen molar-refractivity contribution in [3.8, 4) is 0 Å². The van der Waals surface area contributed by atoms with E-state index in [0.717, 1.165) is 0 Å². The average molecular weight is 371 g/mol. The van der Waals surface area contributed by atoms with Crippen LogP contribution in [0.15, 0.2) is 0 Å². The van der Waals surface area contributed by atoms with Crippen molar-refractivity contribution in [2.75, 3.05) is 19.6 Å². The summed E-state index contributed by atoms with van der Waals surface area (Å²) in [5, 5.41) is 2.28. The van der Waals surface area contributed by atoms with Crippen LogP contribution in [0.5, 0.6) is 0 Å². The summed E-state index contributed by atoms with van der Waals surface area (Å²) in [6.07, 6.45) is 0.120. The Balaban J connectivity index is 2.81. The van der Waals surface area contributed by atoms with Gasteiger partial charge in [0.2, 0.25) is 5.91 Å². The van der Waals surface area contributed by atoms with Gasteiger partial charge >= 0.3 is 17.9 Å². The first-order valence-corrected chi connectivity index (χ1v) is 8.03. The van der Waals surface area contributed by atoms with E-state index in [1.807, 2.05) is 0 Å². The van der Waals surface area contributed by atoms with Crippen molar-refractivity contribution in [3.63, 3.8) is 0 Å². The van der Waals surface area contributed by atoms with E-state index in [-0.39, 0.29) is 6.42 Å². The molecule has 0 aromatic heterocycles. The molecule has 2 amide bonds. The number of nitrogens with one attached hydrogen (secondary N) is 1. The van der Waals surface area contributed by atoms with Gasteiger partial charge in [-0.15, -0.1) is 0 Å². The third-order valence-electron chi connectivity index (χ3n) is 3.56. The number of unbranched alkanes of at least 4 members (excludes halogenated alkanes) is 1. The maximum absolute atomic E-state index is 13.3. The van der Waals surface area contributed by atoms with E-state index < -0.39 is 48.6 Å². The normalized spacial score (nSPS) is 20.2. The molecule has 0 bridgehead atoms. The van der Waals surface area contributed by atoms with Crippen LogP contribution < -0.4 is 11.1 Å². The Bertz CT molecular complexity index is 479. The van der Waals surface area contributed by atoms with E-state index in [1.165, 1.54) is 0 Å². The molecule has 1 aliphatic rings. The van der Waals surface area contributed by atoms with Gasteiger partial charge in [0.15, 0.2) is 0 Å². The van der Waals surface area contributed by atoms with Crippen molar-refractivity contribution in [2.24, 2.45) is 5.73 Å². The summed E-state index contributed by atoms with van der Waals surface area (Å²) >= 11 is 0. The van der Waals surface area contributed by atoms with Gasteiger partial charge in [-0.25, -0.2) is 4.79 Å². The van der Waals surface area contributed by atoms with E-state index in [1.54, 1.807) is 20.8 Å². The van der Waals surface area contributed by atoms with Crippen LogP contribution in [0.2, 0.25) is 0 Å². The summed E-state index contributed by atoms with van der Waals surface area (Å²) in [4.78, 5) is 24.6. The molecule has 1 aliphatic heterocycles. The van der Waals surface area contributed by atoms with E-state index in [4.69, 9.17) is 10.5 Å². The second-order valence-electron chi connectivity index (χ2n) is 7.09. The molecule has 1 fully saturated rings. The zero-order valence-corrected chi connectivity index (χ0v) is 14.6. The Labute approximate surface area is 144 Å². The maximum Gasteiger partial charge on any atom is 0.408 e. The number of amides is 2. The summed E-state index contributed by atoms with van der Waals surface area (Å²) in [7, 11) is 0. The Kier molecular flexibility index (Phi) is 6.66. The van der Waals surface area contributed by atoms with Crippen LogP contribution >= 0.6 is 0 Å². The fourth-order valence-corrected chi connectivity index (χ4v) is 2.34. The first kappa shape index (κ1) is 21.5. The molecule has 0 spiro atoms. The SMILES string of the molecule is CC(C)(C)OC(=O)NC(CCCCN)C(=O)N1CC(F)(F)C(F)(F)C1. The van der Waals surface area contributed by atoms with Crippen molar-refractivity contribution >= 4 is 12.0 Å². The highest BCUT2D eigenvalue weighted by molar-refractivity contribution is 5.86. The average Bonchev–Trinajstić information content (AvgIpc) is 2.63. The van der Waals surface area contributed by atoms with Crippen LogP contribution in [0.3, 0.4) is 0 Å². The summed E-state index contributed by atoms with van der Waals surface area (Å²) in [5.41, 5.74) is 4.53. The Hall–Kier alpha value is -1.58. The number of carbonyl (C=O) groups excluding carboxylic acids is 2. The first-order chi connectivity index (χ1) is 11.3. The highest BCUT2D eigenvalue weighted by Crippen LogP contribution is 2.41. The largest absolute Gasteiger partial charge is 0.444 e. The van der Waals surface area contributed by atoms with Crippen LogP contribution in [-0.4, -0.2) is 60.0 Å². The molecule has 6 nitrogen and oxygen atoms in total. The predicted molar refractivity (Wildman–Crippen MR) is 82.5 cm³/mol. The number of hydrogen-bond donors (Lipinski definition) is 2. The van der Waals surface area contributed by atoms with Crippen LogP contribution in [0, 0.1) is 0 Å². The highest BCUT2D eigenvalue weighted by atomic mass is 19.3. The molecule has 1 unspecified atom stereocenters. The standard InChI is InChI=1S/C15H25F4N3O3/c1-13(2,3)25-12(24)21-10(6-4-5-7-20)11(23)22-8-14(16,17)15(18,19)9-22/h10H,4-9,20H2,1-3H3,(H,21,24). The van der Waals surface area contributed by atoms with Crippen molar-refractivity contribution < 1.29 is 31.9 Å². The van der Waals surface area contributed by atoms with Gasteiger partial charge in [0.05, 0.1) is 13.1 Å². The smallest absolute Gasteiger partial charge is 0.408 e. The Morgan fingerprint density at radius 3 is 2.12 bits per heavy atom. The fraction of sp³-hybridized carbons (Fsp3) is 0.867. The van der Waals surface area contributed by atoms with E-state index in [9.17, 15) is 27.2 Å². The number of halogens is 4. The van der Waals surface area contributed by atoms with Gasteiger partial charge in [0.1, 0.15) is 11.6 Å². The molecule has 0 aromatic rings. The molecule has 1 atom stereocenters. The second-order valence-corrected chi connectivity index (χ2v) is 7.09. The molecule has 10 heteroatoms. The number of likely N-dealkylation sites (tertiary alicyclic amines) is 1. The Morgan fingerprint density at radius 1 is 1.16 bits per heavy atom. The quantitative estimate of drug-likeness (QED) is 0.553. The van der Waals surface area contributed by atoms with Crippen molar-refractivity contribution in [3.05, 3.63) is 0 Å². The zero-order valence-electron chi connectivity index (χ0n) is 14.6. The topological polar surface area (TPSA) is 84.7 Å². The molecule has 3 N–H and O–H groups in total. The minimum atomic E-state index is -4.30. The monoisotopic (exact) mass is 371 g/mol. The lowest BCUT2D eigenvalue weighted by Crippen LogP contribution is -2.49. The Morgan fingerprint density at radius 2 is 1.68 bits per heavy atom. The number of nitrogens with two attached hydrogens (primary N) is 1. The van der Waals surface area contributed by atoms with Gasteiger partial charge in [-0.1, -0.05) is 0 Å². The predicted octanol–water partition coefficient (Wildman–Crippen LogP) is 2.12.